The van der Waals surface area contributed by atoms with Crippen LogP contribution >= 0.6 is 0 Å². The van der Waals surface area contributed by atoms with E-state index < -0.39 is 0 Å². The van der Waals surface area contributed by atoms with Crippen molar-refractivity contribution in [2.24, 2.45) is 5.92 Å². The SMILES string of the molecule is O=C(OCCCN1CCCC(Cc2ccccc2)C1)c1ccccc1. The molecule has 25 heavy (non-hydrogen) atoms. The van der Waals surface area contributed by atoms with Crippen molar-refractivity contribution in [2.75, 3.05) is 26.2 Å². The van der Waals surface area contributed by atoms with E-state index in [1.165, 1.54) is 24.8 Å². The molecule has 0 aromatic heterocycles. The summed E-state index contributed by atoms with van der Waals surface area (Å²) in [6.45, 7) is 3.82. The number of hydrogen-bond donors (Lipinski definition) is 0. The van der Waals surface area contributed by atoms with E-state index in [0.29, 0.717) is 12.2 Å². The summed E-state index contributed by atoms with van der Waals surface area (Å²) in [5, 5.41) is 0. The van der Waals surface area contributed by atoms with Crippen LogP contribution in [0.3, 0.4) is 0 Å². The molecule has 0 N–H and O–H groups in total. The molecule has 0 aliphatic carbocycles. The molecule has 3 nitrogen and oxygen atoms in total. The number of hydrogen-bond acceptors (Lipinski definition) is 3. The van der Waals surface area contributed by atoms with Gasteiger partial charge in [-0.15, -0.1) is 0 Å². The number of likely N-dealkylation sites (tertiary alicyclic amines) is 1. The third-order valence-corrected chi connectivity index (χ3v) is 4.83. The fourth-order valence-corrected chi connectivity index (χ4v) is 3.58. The van der Waals surface area contributed by atoms with Crippen LogP contribution in [0.4, 0.5) is 0 Å². The monoisotopic (exact) mass is 337 g/mol. The molecule has 1 unspecified atom stereocenters. The quantitative estimate of drug-likeness (QED) is 0.560. The van der Waals surface area contributed by atoms with Crippen LogP contribution < -0.4 is 0 Å². The van der Waals surface area contributed by atoms with Crippen molar-refractivity contribution < 1.29 is 9.53 Å². The molecule has 1 aliphatic rings. The van der Waals surface area contributed by atoms with E-state index in [1.54, 1.807) is 12.1 Å². The number of rotatable bonds is 7. The molecule has 0 saturated carbocycles. The Bertz CT molecular complexity index is 642. The molecule has 0 spiro atoms. The largest absolute Gasteiger partial charge is 0.462 e. The van der Waals surface area contributed by atoms with Crippen LogP contribution in [-0.4, -0.2) is 37.1 Å². The number of benzene rings is 2. The average Bonchev–Trinajstić information content (AvgIpc) is 2.67. The van der Waals surface area contributed by atoms with Gasteiger partial charge in [-0.1, -0.05) is 48.5 Å². The van der Waals surface area contributed by atoms with Gasteiger partial charge in [-0.05, 0) is 55.8 Å². The lowest BCUT2D eigenvalue weighted by molar-refractivity contribution is 0.0480. The Morgan fingerprint density at radius 3 is 2.52 bits per heavy atom. The van der Waals surface area contributed by atoms with E-state index in [4.69, 9.17) is 4.74 Å². The van der Waals surface area contributed by atoms with Gasteiger partial charge in [0.05, 0.1) is 12.2 Å². The third kappa shape index (κ3) is 5.71. The van der Waals surface area contributed by atoms with E-state index in [2.05, 4.69) is 35.2 Å². The van der Waals surface area contributed by atoms with Gasteiger partial charge in [0.1, 0.15) is 0 Å². The molecule has 1 saturated heterocycles. The Morgan fingerprint density at radius 1 is 1.04 bits per heavy atom. The van der Waals surface area contributed by atoms with Gasteiger partial charge in [0, 0.05) is 13.1 Å². The first-order valence-electron chi connectivity index (χ1n) is 9.30. The topological polar surface area (TPSA) is 29.5 Å². The highest BCUT2D eigenvalue weighted by Gasteiger charge is 2.19. The molecule has 3 heteroatoms. The maximum Gasteiger partial charge on any atom is 0.338 e. The van der Waals surface area contributed by atoms with Crippen LogP contribution in [0.15, 0.2) is 60.7 Å². The van der Waals surface area contributed by atoms with Gasteiger partial charge in [-0.25, -0.2) is 4.79 Å². The van der Waals surface area contributed by atoms with Gasteiger partial charge in [0.25, 0.3) is 0 Å². The highest BCUT2D eigenvalue weighted by molar-refractivity contribution is 5.89. The Balaban J connectivity index is 1.36. The summed E-state index contributed by atoms with van der Waals surface area (Å²) in [5.41, 5.74) is 2.06. The molecule has 1 atom stereocenters. The first-order chi connectivity index (χ1) is 12.3. The number of ether oxygens (including phenoxy) is 1. The van der Waals surface area contributed by atoms with E-state index in [9.17, 15) is 4.79 Å². The first-order valence-corrected chi connectivity index (χ1v) is 9.30. The third-order valence-electron chi connectivity index (χ3n) is 4.83. The van der Waals surface area contributed by atoms with Crippen LogP contribution in [0, 0.1) is 5.92 Å². The highest BCUT2D eigenvalue weighted by Crippen LogP contribution is 2.20. The average molecular weight is 337 g/mol. The lowest BCUT2D eigenvalue weighted by Gasteiger charge is -2.32. The van der Waals surface area contributed by atoms with Crippen molar-refractivity contribution in [3.05, 3.63) is 71.8 Å². The lowest BCUT2D eigenvalue weighted by atomic mass is 9.91. The van der Waals surface area contributed by atoms with Gasteiger partial charge in [-0.3, -0.25) is 0 Å². The molecular weight excluding hydrogens is 310 g/mol. The maximum atomic E-state index is 11.9. The van der Waals surface area contributed by atoms with Crippen LogP contribution in [0.25, 0.3) is 0 Å². The number of esters is 1. The Kier molecular flexibility index (Phi) is 6.63. The minimum Gasteiger partial charge on any atom is -0.462 e. The molecule has 1 heterocycles. The molecule has 0 amide bonds. The van der Waals surface area contributed by atoms with Crippen molar-refractivity contribution in [2.45, 2.75) is 25.7 Å². The van der Waals surface area contributed by atoms with E-state index >= 15 is 0 Å². The highest BCUT2D eigenvalue weighted by atomic mass is 16.5. The lowest BCUT2D eigenvalue weighted by Crippen LogP contribution is -2.37. The smallest absolute Gasteiger partial charge is 0.338 e. The van der Waals surface area contributed by atoms with E-state index in [0.717, 1.165) is 32.0 Å². The fraction of sp³-hybridized carbons (Fsp3) is 0.409. The summed E-state index contributed by atoms with van der Waals surface area (Å²) in [6, 6.07) is 20.0. The molecule has 2 aromatic carbocycles. The van der Waals surface area contributed by atoms with Gasteiger partial charge in [-0.2, -0.15) is 0 Å². The summed E-state index contributed by atoms with van der Waals surface area (Å²) < 4.78 is 5.38. The van der Waals surface area contributed by atoms with Gasteiger partial charge in [0.15, 0.2) is 0 Å². The molecule has 1 aliphatic heterocycles. The molecule has 132 valence electrons. The summed E-state index contributed by atoms with van der Waals surface area (Å²) in [5.74, 6) is 0.518. The second kappa shape index (κ2) is 9.38. The van der Waals surface area contributed by atoms with Crippen molar-refractivity contribution in [1.82, 2.24) is 4.90 Å². The van der Waals surface area contributed by atoms with Crippen molar-refractivity contribution in [1.29, 1.82) is 0 Å². The van der Waals surface area contributed by atoms with Gasteiger partial charge >= 0.3 is 5.97 Å². The Labute approximate surface area is 150 Å². The predicted molar refractivity (Wildman–Crippen MR) is 101 cm³/mol. The first kappa shape index (κ1) is 17.7. The molecular formula is C22H27NO2. The second-order valence-electron chi connectivity index (χ2n) is 6.85. The van der Waals surface area contributed by atoms with Crippen LogP contribution in [-0.2, 0) is 11.2 Å². The maximum absolute atomic E-state index is 11.9. The molecule has 0 bridgehead atoms. The van der Waals surface area contributed by atoms with Crippen LogP contribution in [0.5, 0.6) is 0 Å². The molecule has 1 fully saturated rings. The van der Waals surface area contributed by atoms with Crippen molar-refractivity contribution in [3.8, 4) is 0 Å². The minimum atomic E-state index is -0.221. The number of carbonyl (C=O) groups excluding carboxylic acids is 1. The number of carbonyl (C=O) groups is 1. The number of piperidine rings is 1. The van der Waals surface area contributed by atoms with Crippen LogP contribution in [0.2, 0.25) is 0 Å². The Hall–Kier alpha value is -2.13. The summed E-state index contributed by atoms with van der Waals surface area (Å²) >= 11 is 0. The van der Waals surface area contributed by atoms with Gasteiger partial charge in [0.2, 0.25) is 0 Å². The Morgan fingerprint density at radius 2 is 1.76 bits per heavy atom. The molecule has 2 aromatic rings. The second-order valence-corrected chi connectivity index (χ2v) is 6.85. The normalized spacial score (nSPS) is 18.0. The standard InChI is InChI=1S/C22H27NO2/c24-22(21-12-5-2-6-13-21)25-16-8-15-23-14-7-11-20(18-23)17-19-9-3-1-4-10-19/h1-6,9-10,12-13,20H,7-8,11,14-18H2. The summed E-state index contributed by atoms with van der Waals surface area (Å²) in [6.07, 6.45) is 4.65. The van der Waals surface area contributed by atoms with Gasteiger partial charge < -0.3 is 9.64 Å². The van der Waals surface area contributed by atoms with Crippen LogP contribution in [0.1, 0.15) is 35.2 Å². The summed E-state index contributed by atoms with van der Waals surface area (Å²) in [7, 11) is 0. The molecule has 0 radical (unpaired) electrons. The minimum absolute atomic E-state index is 0.221. The van der Waals surface area contributed by atoms with E-state index in [1.807, 2.05) is 18.2 Å². The van der Waals surface area contributed by atoms with Crippen molar-refractivity contribution >= 4 is 5.97 Å². The zero-order valence-corrected chi connectivity index (χ0v) is 14.8. The zero-order chi connectivity index (χ0) is 17.3. The number of nitrogens with zero attached hydrogens (tertiary/aromatic N) is 1. The fourth-order valence-electron chi connectivity index (χ4n) is 3.58. The predicted octanol–water partition coefficient (Wildman–Crippen LogP) is 4.19. The summed E-state index contributed by atoms with van der Waals surface area (Å²) in [4.78, 5) is 14.4. The molecule has 3 rings (SSSR count). The van der Waals surface area contributed by atoms with E-state index in [-0.39, 0.29) is 5.97 Å². The zero-order valence-electron chi connectivity index (χ0n) is 14.8. The van der Waals surface area contributed by atoms with Crippen molar-refractivity contribution in [3.63, 3.8) is 0 Å².